The van der Waals surface area contributed by atoms with Crippen LogP contribution in [0.5, 0.6) is 0 Å². The van der Waals surface area contributed by atoms with E-state index in [0.29, 0.717) is 18.7 Å². The fourth-order valence-corrected chi connectivity index (χ4v) is 4.32. The van der Waals surface area contributed by atoms with Crippen LogP contribution in [0.2, 0.25) is 0 Å². The molecule has 2 saturated heterocycles. The number of piperazine rings is 1. The van der Waals surface area contributed by atoms with Crippen LogP contribution in [0.3, 0.4) is 0 Å². The minimum Gasteiger partial charge on any atom is -0.369 e. The van der Waals surface area contributed by atoms with Crippen molar-refractivity contribution in [2.75, 3.05) is 56.5 Å². The number of likely N-dealkylation sites (N-methyl/N-ethyl adjacent to an activating group) is 1. The van der Waals surface area contributed by atoms with Crippen LogP contribution in [0.1, 0.15) is 28.8 Å². The number of rotatable bonds is 4. The molecule has 2 aliphatic heterocycles. The summed E-state index contributed by atoms with van der Waals surface area (Å²) in [5, 5.41) is 3.05. The smallest absolute Gasteiger partial charge is 0.253 e. The largest absolute Gasteiger partial charge is 0.369 e. The molecule has 164 valence electrons. The lowest BCUT2D eigenvalue weighted by atomic mass is 9.96. The summed E-state index contributed by atoms with van der Waals surface area (Å²) in [6.45, 7) is 7.36. The Morgan fingerprint density at radius 1 is 0.903 bits per heavy atom. The third-order valence-corrected chi connectivity index (χ3v) is 6.38. The second-order valence-corrected chi connectivity index (χ2v) is 8.78. The number of carbonyl (C=O) groups is 2. The average Bonchev–Trinajstić information content (AvgIpc) is 2.80. The molecule has 31 heavy (non-hydrogen) atoms. The van der Waals surface area contributed by atoms with Crippen molar-refractivity contribution < 1.29 is 9.59 Å². The predicted octanol–water partition coefficient (Wildman–Crippen LogP) is 3.24. The number of hydrogen-bond acceptors (Lipinski definition) is 4. The van der Waals surface area contributed by atoms with E-state index in [1.165, 1.54) is 5.69 Å². The Hall–Kier alpha value is -2.86. The Kier molecular flexibility index (Phi) is 6.56. The van der Waals surface area contributed by atoms with Crippen LogP contribution in [-0.4, -0.2) is 67.9 Å². The van der Waals surface area contributed by atoms with Crippen molar-refractivity contribution in [1.82, 2.24) is 9.80 Å². The quantitative estimate of drug-likeness (QED) is 0.825. The van der Waals surface area contributed by atoms with E-state index in [-0.39, 0.29) is 17.7 Å². The molecule has 2 amide bonds. The molecule has 2 fully saturated rings. The molecule has 0 spiro atoms. The fourth-order valence-electron chi connectivity index (χ4n) is 4.32. The van der Waals surface area contributed by atoms with Gasteiger partial charge in [0.2, 0.25) is 5.91 Å². The second-order valence-electron chi connectivity index (χ2n) is 8.78. The molecule has 2 aromatic rings. The highest BCUT2D eigenvalue weighted by molar-refractivity contribution is 5.96. The van der Waals surface area contributed by atoms with E-state index in [0.717, 1.165) is 50.3 Å². The third kappa shape index (κ3) is 5.25. The topological polar surface area (TPSA) is 55.9 Å². The first-order chi connectivity index (χ1) is 15.0. The number of benzene rings is 2. The minimum atomic E-state index is -0.180. The maximum atomic E-state index is 12.9. The molecule has 0 radical (unpaired) electrons. The normalized spacial score (nSPS) is 19.9. The number of likely N-dealkylation sites (tertiary alicyclic amines) is 1. The zero-order valence-electron chi connectivity index (χ0n) is 18.5. The molecule has 2 aliphatic rings. The van der Waals surface area contributed by atoms with E-state index in [2.05, 4.69) is 34.3 Å². The van der Waals surface area contributed by atoms with Crippen LogP contribution < -0.4 is 10.2 Å². The van der Waals surface area contributed by atoms with Crippen molar-refractivity contribution in [3.63, 3.8) is 0 Å². The molecule has 0 aliphatic carbocycles. The van der Waals surface area contributed by atoms with Crippen LogP contribution in [0, 0.1) is 12.8 Å². The summed E-state index contributed by atoms with van der Waals surface area (Å²) in [4.78, 5) is 32.2. The molecular formula is C25H32N4O2. The van der Waals surface area contributed by atoms with Gasteiger partial charge >= 0.3 is 0 Å². The van der Waals surface area contributed by atoms with Crippen molar-refractivity contribution in [2.45, 2.75) is 19.8 Å². The van der Waals surface area contributed by atoms with Gasteiger partial charge in [0.15, 0.2) is 0 Å². The first-order valence-corrected chi connectivity index (χ1v) is 11.2. The van der Waals surface area contributed by atoms with Gasteiger partial charge in [-0.05, 0) is 63.2 Å². The zero-order chi connectivity index (χ0) is 21.8. The highest BCUT2D eigenvalue weighted by Gasteiger charge is 2.29. The minimum absolute atomic E-state index is 0.00578. The number of piperidine rings is 1. The number of carbonyl (C=O) groups excluding carboxylic acids is 2. The van der Waals surface area contributed by atoms with E-state index in [1.54, 1.807) is 0 Å². The Balaban J connectivity index is 1.33. The van der Waals surface area contributed by atoms with E-state index in [4.69, 9.17) is 0 Å². The molecule has 0 aromatic heterocycles. The van der Waals surface area contributed by atoms with Crippen molar-refractivity contribution in [3.8, 4) is 0 Å². The maximum absolute atomic E-state index is 12.9. The van der Waals surface area contributed by atoms with Crippen LogP contribution in [0.25, 0.3) is 0 Å². The molecule has 1 atom stereocenters. The molecule has 6 heteroatoms. The standard InChI is InChI=1S/C25H32N4O2/c1-19-5-7-20(8-6-19)25(31)29-13-3-4-21(18-29)24(30)26-22-9-11-23(12-10-22)28-16-14-27(2)15-17-28/h5-12,21H,3-4,13-18H2,1-2H3,(H,26,30). The lowest BCUT2D eigenvalue weighted by Gasteiger charge is -2.34. The van der Waals surface area contributed by atoms with E-state index in [9.17, 15) is 9.59 Å². The lowest BCUT2D eigenvalue weighted by Crippen LogP contribution is -2.44. The molecule has 1 unspecified atom stereocenters. The van der Waals surface area contributed by atoms with Gasteiger partial charge in [0, 0.05) is 56.2 Å². The summed E-state index contributed by atoms with van der Waals surface area (Å²) in [7, 11) is 2.15. The van der Waals surface area contributed by atoms with E-state index in [1.807, 2.05) is 48.2 Å². The first kappa shape index (κ1) is 21.4. The van der Waals surface area contributed by atoms with Gasteiger partial charge in [-0.2, -0.15) is 0 Å². The van der Waals surface area contributed by atoms with Crippen LogP contribution >= 0.6 is 0 Å². The molecular weight excluding hydrogens is 388 g/mol. The van der Waals surface area contributed by atoms with Gasteiger partial charge in [-0.1, -0.05) is 17.7 Å². The fraction of sp³-hybridized carbons (Fsp3) is 0.440. The monoisotopic (exact) mass is 420 g/mol. The predicted molar refractivity (Wildman–Crippen MR) is 125 cm³/mol. The van der Waals surface area contributed by atoms with Gasteiger partial charge < -0.3 is 20.0 Å². The molecule has 6 nitrogen and oxygen atoms in total. The van der Waals surface area contributed by atoms with Crippen molar-refractivity contribution in [2.24, 2.45) is 5.92 Å². The van der Waals surface area contributed by atoms with Crippen molar-refractivity contribution >= 4 is 23.2 Å². The molecule has 0 saturated carbocycles. The summed E-state index contributed by atoms with van der Waals surface area (Å²) in [5.74, 6) is -0.178. The van der Waals surface area contributed by atoms with E-state index >= 15 is 0 Å². The number of anilines is 2. The highest BCUT2D eigenvalue weighted by atomic mass is 16.2. The summed E-state index contributed by atoms with van der Waals surface area (Å²) < 4.78 is 0. The molecule has 0 bridgehead atoms. The van der Waals surface area contributed by atoms with Gasteiger partial charge in [0.25, 0.3) is 5.91 Å². The van der Waals surface area contributed by atoms with Crippen LogP contribution in [-0.2, 0) is 4.79 Å². The van der Waals surface area contributed by atoms with Crippen LogP contribution in [0.15, 0.2) is 48.5 Å². The summed E-state index contributed by atoms with van der Waals surface area (Å²) in [6, 6.07) is 15.7. The highest BCUT2D eigenvalue weighted by Crippen LogP contribution is 2.23. The van der Waals surface area contributed by atoms with Gasteiger partial charge in [-0.25, -0.2) is 0 Å². The Morgan fingerprint density at radius 3 is 2.26 bits per heavy atom. The Labute approximate surface area is 184 Å². The van der Waals surface area contributed by atoms with Gasteiger partial charge in [0.1, 0.15) is 0 Å². The number of hydrogen-bond donors (Lipinski definition) is 1. The second kappa shape index (κ2) is 9.52. The number of nitrogens with one attached hydrogen (secondary N) is 1. The van der Waals surface area contributed by atoms with Crippen molar-refractivity contribution in [1.29, 1.82) is 0 Å². The van der Waals surface area contributed by atoms with Gasteiger partial charge in [0.05, 0.1) is 5.92 Å². The zero-order valence-corrected chi connectivity index (χ0v) is 18.5. The number of amides is 2. The summed E-state index contributed by atoms with van der Waals surface area (Å²) >= 11 is 0. The SMILES string of the molecule is Cc1ccc(C(=O)N2CCCC(C(=O)Nc3ccc(N4CCN(C)CC4)cc3)C2)cc1. The average molecular weight is 421 g/mol. The number of aryl methyl sites for hydroxylation is 1. The Morgan fingerprint density at radius 2 is 1.58 bits per heavy atom. The third-order valence-electron chi connectivity index (χ3n) is 6.38. The Bertz CT molecular complexity index is 902. The molecule has 4 rings (SSSR count). The maximum Gasteiger partial charge on any atom is 0.253 e. The summed E-state index contributed by atoms with van der Waals surface area (Å²) in [6.07, 6.45) is 1.65. The van der Waals surface area contributed by atoms with Crippen molar-refractivity contribution in [3.05, 3.63) is 59.7 Å². The lowest BCUT2D eigenvalue weighted by molar-refractivity contribution is -0.121. The molecule has 2 aromatic carbocycles. The summed E-state index contributed by atoms with van der Waals surface area (Å²) in [5.41, 5.74) is 3.82. The molecule has 1 N–H and O–H groups in total. The first-order valence-electron chi connectivity index (χ1n) is 11.2. The van der Waals surface area contributed by atoms with E-state index < -0.39 is 0 Å². The van der Waals surface area contributed by atoms with Gasteiger partial charge in [-0.15, -0.1) is 0 Å². The van der Waals surface area contributed by atoms with Gasteiger partial charge in [-0.3, -0.25) is 9.59 Å². The molecule has 2 heterocycles. The number of nitrogens with zero attached hydrogens (tertiary/aromatic N) is 3. The van der Waals surface area contributed by atoms with Crippen LogP contribution in [0.4, 0.5) is 11.4 Å².